The van der Waals surface area contributed by atoms with Crippen molar-refractivity contribution in [2.45, 2.75) is 65.7 Å². The smallest absolute Gasteiger partial charge is 0.160 e. The number of hydrogen-bond acceptors (Lipinski definition) is 8. The molecular weight excluding hydrogens is 497 g/mol. The molecule has 2 aromatic heterocycles. The van der Waals surface area contributed by atoms with E-state index in [4.69, 9.17) is 19.2 Å². The first kappa shape index (κ1) is 29.1. The van der Waals surface area contributed by atoms with Gasteiger partial charge in [0.1, 0.15) is 30.4 Å². The SMILES string of the molecule is CNCC(O)COc1cccc(-c2nc(CCC3CCCN(CC(C)F)C3)c(C)c(-c3c(C)noc3C)n2)c1. The second kappa shape index (κ2) is 13.5. The van der Waals surface area contributed by atoms with Crippen molar-refractivity contribution < 1.29 is 18.8 Å². The lowest BCUT2D eigenvalue weighted by Crippen LogP contribution is -2.38. The minimum atomic E-state index is -0.806. The molecule has 0 radical (unpaired) electrons. The van der Waals surface area contributed by atoms with Gasteiger partial charge in [0.15, 0.2) is 5.82 Å². The number of nitrogens with zero attached hydrogens (tertiary/aromatic N) is 4. The lowest BCUT2D eigenvalue weighted by Gasteiger charge is -2.33. The third-order valence-electron chi connectivity index (χ3n) is 7.39. The first-order valence-corrected chi connectivity index (χ1v) is 14.0. The van der Waals surface area contributed by atoms with Gasteiger partial charge in [0.25, 0.3) is 0 Å². The quantitative estimate of drug-likeness (QED) is 0.342. The summed E-state index contributed by atoms with van der Waals surface area (Å²) in [5.41, 5.74) is 5.40. The van der Waals surface area contributed by atoms with Crippen molar-refractivity contribution in [3.8, 4) is 28.4 Å². The Labute approximate surface area is 231 Å². The maximum absolute atomic E-state index is 13.6. The number of aryl methyl sites for hydroxylation is 3. The number of nitrogens with one attached hydrogen (secondary N) is 1. The summed E-state index contributed by atoms with van der Waals surface area (Å²) in [6, 6.07) is 7.66. The van der Waals surface area contributed by atoms with Gasteiger partial charge in [-0.05, 0) is 90.6 Å². The Balaban J connectivity index is 1.62. The Hall–Kier alpha value is -2.88. The molecule has 1 aliphatic rings. The van der Waals surface area contributed by atoms with Crippen molar-refractivity contribution in [1.29, 1.82) is 0 Å². The topological polar surface area (TPSA) is 96.5 Å². The average molecular weight is 540 g/mol. The number of aliphatic hydroxyl groups excluding tert-OH is 1. The zero-order chi connectivity index (χ0) is 27.9. The van der Waals surface area contributed by atoms with Crippen molar-refractivity contribution in [3.63, 3.8) is 0 Å². The van der Waals surface area contributed by atoms with Crippen LogP contribution in [-0.2, 0) is 6.42 Å². The highest BCUT2D eigenvalue weighted by Crippen LogP contribution is 2.33. The minimum absolute atomic E-state index is 0.189. The van der Waals surface area contributed by atoms with E-state index < -0.39 is 12.3 Å². The summed E-state index contributed by atoms with van der Waals surface area (Å²) < 4.78 is 24.9. The molecule has 1 fully saturated rings. The van der Waals surface area contributed by atoms with Crippen molar-refractivity contribution in [3.05, 3.63) is 47.0 Å². The molecule has 2 N–H and O–H groups in total. The van der Waals surface area contributed by atoms with E-state index in [1.165, 1.54) is 0 Å². The number of likely N-dealkylation sites (N-methyl/N-ethyl adjacent to an activating group) is 1. The van der Waals surface area contributed by atoms with Crippen molar-refractivity contribution >= 4 is 0 Å². The molecule has 3 unspecified atom stereocenters. The third-order valence-corrected chi connectivity index (χ3v) is 7.39. The van der Waals surface area contributed by atoms with Crippen LogP contribution in [0.15, 0.2) is 28.8 Å². The Morgan fingerprint density at radius 1 is 1.26 bits per heavy atom. The molecular formula is C30H42FN5O3. The van der Waals surface area contributed by atoms with Crippen LogP contribution in [0.2, 0.25) is 0 Å². The maximum atomic E-state index is 13.6. The normalized spacial score (nSPS) is 17.8. The number of halogens is 1. The molecule has 0 bridgehead atoms. The number of likely N-dealkylation sites (tertiary alicyclic amines) is 1. The number of alkyl halides is 1. The Morgan fingerprint density at radius 3 is 2.79 bits per heavy atom. The summed E-state index contributed by atoms with van der Waals surface area (Å²) in [6.07, 6.45) is 2.65. The average Bonchev–Trinajstić information content (AvgIpc) is 3.24. The van der Waals surface area contributed by atoms with Crippen LogP contribution in [0.4, 0.5) is 4.39 Å². The van der Waals surface area contributed by atoms with Crippen molar-refractivity contribution in [2.75, 3.05) is 39.8 Å². The van der Waals surface area contributed by atoms with Gasteiger partial charge in [-0.25, -0.2) is 14.4 Å². The Morgan fingerprint density at radius 2 is 2.08 bits per heavy atom. The monoisotopic (exact) mass is 539 g/mol. The van der Waals surface area contributed by atoms with E-state index in [0.29, 0.717) is 30.6 Å². The van der Waals surface area contributed by atoms with Crippen LogP contribution >= 0.6 is 0 Å². The van der Waals surface area contributed by atoms with E-state index in [9.17, 15) is 9.50 Å². The van der Waals surface area contributed by atoms with Crippen LogP contribution < -0.4 is 10.1 Å². The van der Waals surface area contributed by atoms with Gasteiger partial charge < -0.3 is 24.6 Å². The molecule has 212 valence electrons. The zero-order valence-electron chi connectivity index (χ0n) is 23.8. The molecule has 0 spiro atoms. The highest BCUT2D eigenvalue weighted by molar-refractivity contribution is 5.70. The van der Waals surface area contributed by atoms with Gasteiger partial charge in [0.05, 0.1) is 17.0 Å². The molecule has 0 amide bonds. The standard InChI is InChI=1S/C30H42FN5O3/c1-19(31)16-36-13-7-8-23(17-36)11-12-27-20(2)29(28-21(3)35-39-22(28)4)34-30(33-27)24-9-6-10-26(14-24)38-18-25(37)15-32-5/h6,9-10,14,19,23,25,32,37H,7-8,11-13,15-18H2,1-5H3. The number of ether oxygens (including phenoxy) is 1. The molecule has 3 heterocycles. The molecule has 39 heavy (non-hydrogen) atoms. The van der Waals surface area contributed by atoms with Gasteiger partial charge in [-0.3, -0.25) is 0 Å². The number of aromatic nitrogens is 3. The highest BCUT2D eigenvalue weighted by Gasteiger charge is 2.24. The van der Waals surface area contributed by atoms with Crippen molar-refractivity contribution in [1.82, 2.24) is 25.3 Å². The molecule has 8 nitrogen and oxygen atoms in total. The van der Waals surface area contributed by atoms with Gasteiger partial charge in [0, 0.05) is 30.9 Å². The molecule has 1 aliphatic heterocycles. The summed E-state index contributed by atoms with van der Waals surface area (Å²) in [5, 5.41) is 17.1. The molecule has 3 aromatic rings. The van der Waals surface area contributed by atoms with E-state index in [-0.39, 0.29) is 6.61 Å². The summed E-state index contributed by atoms with van der Waals surface area (Å²) >= 11 is 0. The van der Waals surface area contributed by atoms with Crippen LogP contribution in [0.1, 0.15) is 48.9 Å². The van der Waals surface area contributed by atoms with Crippen LogP contribution in [0.3, 0.4) is 0 Å². The minimum Gasteiger partial charge on any atom is -0.491 e. The lowest BCUT2D eigenvalue weighted by molar-refractivity contribution is 0.108. The fourth-order valence-electron chi connectivity index (χ4n) is 5.46. The number of hydrogen-bond donors (Lipinski definition) is 2. The van der Waals surface area contributed by atoms with Gasteiger partial charge >= 0.3 is 0 Å². The Kier molecular flexibility index (Phi) is 10.0. The predicted molar refractivity (Wildman–Crippen MR) is 151 cm³/mol. The van der Waals surface area contributed by atoms with Gasteiger partial charge in [0.2, 0.25) is 0 Å². The molecule has 9 heteroatoms. The summed E-state index contributed by atoms with van der Waals surface area (Å²) in [4.78, 5) is 12.3. The molecule has 0 saturated carbocycles. The van der Waals surface area contributed by atoms with Gasteiger partial charge in [-0.1, -0.05) is 17.3 Å². The van der Waals surface area contributed by atoms with Crippen LogP contribution in [-0.4, -0.2) is 77.2 Å². The first-order chi connectivity index (χ1) is 18.7. The van der Waals surface area contributed by atoms with Gasteiger partial charge in [-0.2, -0.15) is 0 Å². The second-order valence-electron chi connectivity index (χ2n) is 10.8. The predicted octanol–water partition coefficient (Wildman–Crippen LogP) is 4.69. The second-order valence-corrected chi connectivity index (χ2v) is 10.8. The summed E-state index contributed by atoms with van der Waals surface area (Å²) in [7, 11) is 1.79. The van der Waals surface area contributed by atoms with E-state index >= 15 is 0 Å². The number of piperidine rings is 1. The first-order valence-electron chi connectivity index (χ1n) is 14.0. The number of aliphatic hydroxyl groups is 1. The van der Waals surface area contributed by atoms with Crippen LogP contribution in [0.5, 0.6) is 5.75 Å². The van der Waals surface area contributed by atoms with E-state index in [2.05, 4.69) is 22.3 Å². The van der Waals surface area contributed by atoms with E-state index in [1.54, 1.807) is 14.0 Å². The van der Waals surface area contributed by atoms with Crippen LogP contribution in [0, 0.1) is 26.7 Å². The largest absolute Gasteiger partial charge is 0.491 e. The molecule has 1 saturated heterocycles. The Bertz CT molecular complexity index is 1210. The highest BCUT2D eigenvalue weighted by atomic mass is 19.1. The van der Waals surface area contributed by atoms with Crippen molar-refractivity contribution in [2.24, 2.45) is 5.92 Å². The third kappa shape index (κ3) is 7.62. The molecule has 0 aliphatic carbocycles. The lowest BCUT2D eigenvalue weighted by atomic mass is 9.91. The summed E-state index contributed by atoms with van der Waals surface area (Å²) in [5.74, 6) is 2.50. The fraction of sp³-hybridized carbons (Fsp3) is 0.567. The number of rotatable bonds is 12. The number of benzene rings is 1. The fourth-order valence-corrected chi connectivity index (χ4v) is 5.46. The van der Waals surface area contributed by atoms with Gasteiger partial charge in [-0.15, -0.1) is 0 Å². The zero-order valence-corrected chi connectivity index (χ0v) is 23.8. The van der Waals surface area contributed by atoms with Crippen LogP contribution in [0.25, 0.3) is 22.6 Å². The maximum Gasteiger partial charge on any atom is 0.160 e. The van der Waals surface area contributed by atoms with E-state index in [1.807, 2.05) is 38.1 Å². The summed E-state index contributed by atoms with van der Waals surface area (Å²) in [6.45, 7) is 10.6. The molecule has 4 rings (SSSR count). The molecule has 3 atom stereocenters. The molecule has 1 aromatic carbocycles. The van der Waals surface area contributed by atoms with E-state index in [0.717, 1.165) is 78.3 Å².